The average molecular weight is 174 g/mol. The van der Waals surface area contributed by atoms with E-state index in [1.54, 1.807) is 0 Å². The van der Waals surface area contributed by atoms with Gasteiger partial charge in [0.2, 0.25) is 0 Å². The van der Waals surface area contributed by atoms with Gasteiger partial charge < -0.3 is 4.79 Å². The molecule has 13 heavy (non-hydrogen) atoms. The summed E-state index contributed by atoms with van der Waals surface area (Å²) in [5, 5.41) is 0. The Morgan fingerprint density at radius 1 is 1.31 bits per heavy atom. The van der Waals surface area contributed by atoms with Crippen molar-refractivity contribution < 1.29 is 4.79 Å². The normalized spacial score (nSPS) is 11.3. The molecule has 0 spiro atoms. The largest absolute Gasteiger partial charge is 0.303 e. The van der Waals surface area contributed by atoms with E-state index >= 15 is 0 Å². The Morgan fingerprint density at radius 3 is 2.54 bits per heavy atom. The van der Waals surface area contributed by atoms with Crippen LogP contribution >= 0.6 is 0 Å². The first-order valence-electron chi connectivity index (χ1n) is 4.52. The van der Waals surface area contributed by atoms with Crippen molar-refractivity contribution in [1.82, 2.24) is 0 Å². The fourth-order valence-corrected chi connectivity index (χ4v) is 1.32. The summed E-state index contributed by atoms with van der Waals surface area (Å²) in [7, 11) is 0. The number of aldehydes is 1. The zero-order valence-electron chi connectivity index (χ0n) is 7.86. The minimum absolute atomic E-state index is 0.606. The summed E-state index contributed by atoms with van der Waals surface area (Å²) in [6.07, 6.45) is 4.48. The van der Waals surface area contributed by atoms with E-state index < -0.39 is 0 Å². The van der Waals surface area contributed by atoms with Crippen LogP contribution in [-0.4, -0.2) is 6.29 Å². The highest BCUT2D eigenvalue weighted by atomic mass is 16.1. The number of carbonyl (C=O) groups is 1. The molecule has 0 aliphatic carbocycles. The van der Waals surface area contributed by atoms with E-state index in [0.717, 1.165) is 12.7 Å². The van der Waals surface area contributed by atoms with Crippen molar-refractivity contribution in [2.75, 3.05) is 0 Å². The lowest BCUT2D eigenvalue weighted by atomic mass is 10.0. The van der Waals surface area contributed by atoms with Gasteiger partial charge in [-0.05, 0) is 24.5 Å². The third kappa shape index (κ3) is 2.86. The van der Waals surface area contributed by atoms with Crippen molar-refractivity contribution in [2.45, 2.75) is 19.8 Å². The molecule has 0 fully saturated rings. The van der Waals surface area contributed by atoms with Gasteiger partial charge in [-0.15, -0.1) is 0 Å². The number of rotatable bonds is 4. The van der Waals surface area contributed by atoms with Crippen molar-refractivity contribution in [3.8, 4) is 0 Å². The predicted molar refractivity (Wildman–Crippen MR) is 55.4 cm³/mol. The first kappa shape index (κ1) is 9.72. The molecule has 0 aliphatic heterocycles. The Bertz CT molecular complexity index is 285. The van der Waals surface area contributed by atoms with Crippen LogP contribution in [0.15, 0.2) is 36.4 Å². The number of allylic oxidation sites excluding steroid dienone is 2. The molecule has 0 aliphatic rings. The molecule has 0 heterocycles. The molecule has 68 valence electrons. The van der Waals surface area contributed by atoms with Crippen LogP contribution in [0, 0.1) is 0 Å². The summed E-state index contributed by atoms with van der Waals surface area (Å²) < 4.78 is 0. The first-order chi connectivity index (χ1) is 6.38. The molecule has 0 unspecified atom stereocenters. The summed E-state index contributed by atoms with van der Waals surface area (Å²) in [5.74, 6) is 0. The maximum absolute atomic E-state index is 10.2. The van der Waals surface area contributed by atoms with Gasteiger partial charge in [0.15, 0.2) is 0 Å². The van der Waals surface area contributed by atoms with E-state index in [9.17, 15) is 4.79 Å². The van der Waals surface area contributed by atoms with Gasteiger partial charge in [-0.2, -0.15) is 0 Å². The van der Waals surface area contributed by atoms with Gasteiger partial charge in [0.25, 0.3) is 0 Å². The van der Waals surface area contributed by atoms with Gasteiger partial charge in [0.1, 0.15) is 6.29 Å². The topological polar surface area (TPSA) is 17.1 Å². The second-order valence-corrected chi connectivity index (χ2v) is 2.89. The zero-order chi connectivity index (χ0) is 9.52. The molecule has 1 nitrogen and oxygen atoms in total. The van der Waals surface area contributed by atoms with Crippen LogP contribution in [0.2, 0.25) is 0 Å². The van der Waals surface area contributed by atoms with Gasteiger partial charge in [-0.1, -0.05) is 36.4 Å². The fourth-order valence-electron chi connectivity index (χ4n) is 1.32. The molecule has 1 heteroatoms. The summed E-state index contributed by atoms with van der Waals surface area (Å²) in [6, 6.07) is 10.2. The van der Waals surface area contributed by atoms with Gasteiger partial charge >= 0.3 is 0 Å². The van der Waals surface area contributed by atoms with E-state index in [4.69, 9.17) is 0 Å². The van der Waals surface area contributed by atoms with Crippen LogP contribution in [0.1, 0.15) is 25.3 Å². The summed E-state index contributed by atoms with van der Waals surface area (Å²) in [6.45, 7) is 2.01. The summed E-state index contributed by atoms with van der Waals surface area (Å²) in [4.78, 5) is 10.2. The lowest BCUT2D eigenvalue weighted by Gasteiger charge is -2.03. The van der Waals surface area contributed by atoms with Crippen LogP contribution in [0.4, 0.5) is 0 Å². The summed E-state index contributed by atoms with van der Waals surface area (Å²) in [5.41, 5.74) is 2.46. The Kier molecular flexibility index (Phi) is 3.97. The predicted octanol–water partition coefficient (Wildman–Crippen LogP) is 3.07. The molecule has 1 aromatic carbocycles. The number of hydrogen-bond donors (Lipinski definition) is 0. The van der Waals surface area contributed by atoms with E-state index in [0.29, 0.717) is 6.42 Å². The lowest BCUT2D eigenvalue weighted by Crippen LogP contribution is -1.84. The first-order valence-corrected chi connectivity index (χ1v) is 4.52. The molecule has 0 saturated heterocycles. The molecule has 0 atom stereocenters. The van der Waals surface area contributed by atoms with Crippen molar-refractivity contribution in [3.05, 3.63) is 42.0 Å². The maximum atomic E-state index is 10.2. The highest BCUT2D eigenvalue weighted by Gasteiger charge is 1.98. The van der Waals surface area contributed by atoms with E-state index in [1.807, 2.05) is 25.1 Å². The monoisotopic (exact) mass is 174 g/mol. The summed E-state index contributed by atoms with van der Waals surface area (Å²) >= 11 is 0. The smallest absolute Gasteiger partial charge is 0.120 e. The molecule has 0 aromatic heterocycles. The van der Waals surface area contributed by atoms with Crippen LogP contribution in [0.5, 0.6) is 0 Å². The van der Waals surface area contributed by atoms with Gasteiger partial charge in [0.05, 0.1) is 0 Å². The fraction of sp³-hybridized carbons (Fsp3) is 0.250. The zero-order valence-corrected chi connectivity index (χ0v) is 7.86. The highest BCUT2D eigenvalue weighted by Crippen LogP contribution is 2.18. The van der Waals surface area contributed by atoms with Gasteiger partial charge in [-0.3, -0.25) is 0 Å². The standard InChI is InChI=1S/C12H14O/c1-2-11(9-6-10-13)12-7-4-3-5-8-12/h2-5,7-8,10H,6,9H2,1H3/b11-2+. The molecule has 0 N–H and O–H groups in total. The Hall–Kier alpha value is -1.37. The molecule has 1 aromatic rings. The quantitative estimate of drug-likeness (QED) is 0.641. The number of benzene rings is 1. The molecule has 0 amide bonds. The van der Waals surface area contributed by atoms with Gasteiger partial charge in [0, 0.05) is 6.42 Å². The third-order valence-electron chi connectivity index (χ3n) is 2.02. The van der Waals surface area contributed by atoms with Crippen molar-refractivity contribution in [1.29, 1.82) is 0 Å². The van der Waals surface area contributed by atoms with Crippen LogP contribution < -0.4 is 0 Å². The molecule has 0 bridgehead atoms. The number of hydrogen-bond acceptors (Lipinski definition) is 1. The molecule has 1 rings (SSSR count). The molecule has 0 radical (unpaired) electrons. The SMILES string of the molecule is C/C=C(\CCC=O)c1ccccc1. The minimum atomic E-state index is 0.606. The van der Waals surface area contributed by atoms with Crippen LogP contribution in [0.3, 0.4) is 0 Å². The van der Waals surface area contributed by atoms with Crippen molar-refractivity contribution in [2.24, 2.45) is 0 Å². The average Bonchev–Trinajstić information content (AvgIpc) is 2.21. The molecular formula is C12H14O. The van der Waals surface area contributed by atoms with Gasteiger partial charge in [-0.25, -0.2) is 0 Å². The van der Waals surface area contributed by atoms with E-state index in [2.05, 4.69) is 18.2 Å². The Morgan fingerprint density at radius 2 is 2.00 bits per heavy atom. The minimum Gasteiger partial charge on any atom is -0.303 e. The van der Waals surface area contributed by atoms with Crippen LogP contribution in [0.25, 0.3) is 5.57 Å². The second-order valence-electron chi connectivity index (χ2n) is 2.89. The maximum Gasteiger partial charge on any atom is 0.120 e. The lowest BCUT2D eigenvalue weighted by molar-refractivity contribution is -0.107. The van der Waals surface area contributed by atoms with E-state index in [-0.39, 0.29) is 0 Å². The van der Waals surface area contributed by atoms with Crippen molar-refractivity contribution >= 4 is 11.9 Å². The molecular weight excluding hydrogens is 160 g/mol. The number of carbonyl (C=O) groups excluding carboxylic acids is 1. The third-order valence-corrected chi connectivity index (χ3v) is 2.02. The molecule has 0 saturated carbocycles. The Balaban J connectivity index is 2.74. The van der Waals surface area contributed by atoms with E-state index in [1.165, 1.54) is 11.1 Å². The van der Waals surface area contributed by atoms with Crippen LogP contribution in [-0.2, 0) is 4.79 Å². The van der Waals surface area contributed by atoms with Crippen molar-refractivity contribution in [3.63, 3.8) is 0 Å². The highest BCUT2D eigenvalue weighted by molar-refractivity contribution is 5.67. The second kappa shape index (κ2) is 5.31. The Labute approximate surface area is 79.1 Å².